The first-order valence-corrected chi connectivity index (χ1v) is 10.1. The summed E-state index contributed by atoms with van der Waals surface area (Å²) in [7, 11) is -1.07. The number of nitrogens with zero attached hydrogens (tertiary/aromatic N) is 3. The fourth-order valence-electron chi connectivity index (χ4n) is 3.60. The van der Waals surface area contributed by atoms with Gasteiger partial charge in [-0.05, 0) is 37.7 Å². The molecule has 8 heteroatoms. The van der Waals surface area contributed by atoms with Crippen LogP contribution in [0.15, 0.2) is 18.6 Å². The number of nitrogens with one attached hydrogen (secondary N) is 2. The zero-order chi connectivity index (χ0) is 17.2. The number of aromatic amines is 1. The second-order valence-corrected chi connectivity index (χ2v) is 8.35. The minimum Gasteiger partial charge on any atom is -0.356 e. The molecule has 7 nitrogen and oxygen atoms in total. The first-order chi connectivity index (χ1) is 11.5. The van der Waals surface area contributed by atoms with Gasteiger partial charge in [0.2, 0.25) is 10.0 Å². The van der Waals surface area contributed by atoms with Gasteiger partial charge < -0.3 is 9.88 Å². The van der Waals surface area contributed by atoms with Crippen molar-refractivity contribution in [3.05, 3.63) is 18.6 Å². The summed E-state index contributed by atoms with van der Waals surface area (Å²) < 4.78 is 26.4. The Balaban J connectivity index is 1.63. The van der Waals surface area contributed by atoms with Gasteiger partial charge in [-0.2, -0.15) is 0 Å². The van der Waals surface area contributed by atoms with Crippen molar-refractivity contribution in [2.75, 3.05) is 24.2 Å². The summed E-state index contributed by atoms with van der Waals surface area (Å²) in [5.74, 6) is 1.42. The van der Waals surface area contributed by atoms with Gasteiger partial charge in [0.15, 0.2) is 0 Å². The molecule has 1 saturated carbocycles. The van der Waals surface area contributed by atoms with Gasteiger partial charge >= 0.3 is 0 Å². The van der Waals surface area contributed by atoms with E-state index in [1.165, 1.54) is 0 Å². The number of H-pyrrole nitrogens is 1. The van der Waals surface area contributed by atoms with Crippen LogP contribution in [0.4, 0.5) is 5.82 Å². The average molecular weight is 351 g/mol. The highest BCUT2D eigenvalue weighted by Crippen LogP contribution is 2.31. The van der Waals surface area contributed by atoms with Crippen LogP contribution in [0.5, 0.6) is 0 Å². The van der Waals surface area contributed by atoms with Gasteiger partial charge in [0.25, 0.3) is 0 Å². The third-order valence-electron chi connectivity index (χ3n) is 4.85. The molecule has 132 valence electrons. The minimum atomic E-state index is -3.13. The maximum absolute atomic E-state index is 11.9. The summed E-state index contributed by atoms with van der Waals surface area (Å²) in [5.41, 5.74) is 0.845. The van der Waals surface area contributed by atoms with Gasteiger partial charge in [0.1, 0.15) is 17.8 Å². The SMILES string of the molecule is CCNS(=O)(=O)C[C@H]1CC[C@H](N(C)c2ncnc3[nH]ccc23)CC1. The Hall–Kier alpha value is -1.67. The van der Waals surface area contributed by atoms with Crippen LogP contribution in [0.25, 0.3) is 11.0 Å². The van der Waals surface area contributed by atoms with Crippen molar-refractivity contribution in [1.29, 1.82) is 0 Å². The van der Waals surface area contributed by atoms with Crippen molar-refractivity contribution in [3.63, 3.8) is 0 Å². The van der Waals surface area contributed by atoms with Crippen LogP contribution >= 0.6 is 0 Å². The Kier molecular flexibility index (Phi) is 5.05. The molecule has 2 heterocycles. The third kappa shape index (κ3) is 3.70. The molecule has 0 bridgehead atoms. The fraction of sp³-hybridized carbons (Fsp3) is 0.625. The van der Waals surface area contributed by atoms with Crippen molar-refractivity contribution in [1.82, 2.24) is 19.7 Å². The average Bonchev–Trinajstić information content (AvgIpc) is 3.03. The lowest BCUT2D eigenvalue weighted by Crippen LogP contribution is -2.38. The Morgan fingerprint density at radius 2 is 2.04 bits per heavy atom. The monoisotopic (exact) mass is 351 g/mol. The molecule has 3 rings (SSSR count). The second-order valence-electron chi connectivity index (χ2n) is 6.50. The van der Waals surface area contributed by atoms with E-state index in [-0.39, 0.29) is 11.7 Å². The molecular formula is C16H25N5O2S. The smallest absolute Gasteiger partial charge is 0.211 e. The van der Waals surface area contributed by atoms with Crippen molar-refractivity contribution < 1.29 is 8.42 Å². The van der Waals surface area contributed by atoms with Crippen molar-refractivity contribution in [2.24, 2.45) is 5.92 Å². The quantitative estimate of drug-likeness (QED) is 0.829. The third-order valence-corrected chi connectivity index (χ3v) is 6.49. The van der Waals surface area contributed by atoms with Crippen LogP contribution in [-0.4, -0.2) is 48.8 Å². The van der Waals surface area contributed by atoms with Crippen molar-refractivity contribution >= 4 is 26.9 Å². The van der Waals surface area contributed by atoms with Crippen LogP contribution in [-0.2, 0) is 10.0 Å². The number of aromatic nitrogens is 3. The predicted octanol–water partition coefficient (Wildman–Crippen LogP) is 1.89. The topological polar surface area (TPSA) is 91.0 Å². The van der Waals surface area contributed by atoms with E-state index in [1.807, 2.05) is 19.2 Å². The fourth-order valence-corrected chi connectivity index (χ4v) is 5.11. The Bertz CT molecular complexity index is 781. The van der Waals surface area contributed by atoms with E-state index in [4.69, 9.17) is 0 Å². The van der Waals surface area contributed by atoms with E-state index in [0.717, 1.165) is 42.5 Å². The molecule has 2 N–H and O–H groups in total. The molecule has 1 aliphatic carbocycles. The summed E-state index contributed by atoms with van der Waals surface area (Å²) in [6, 6.07) is 2.38. The number of hydrogen-bond donors (Lipinski definition) is 2. The molecule has 0 aromatic carbocycles. The first-order valence-electron chi connectivity index (χ1n) is 8.48. The highest BCUT2D eigenvalue weighted by Gasteiger charge is 2.28. The maximum Gasteiger partial charge on any atom is 0.211 e. The maximum atomic E-state index is 11.9. The standard InChI is InChI=1S/C16H25N5O2S/c1-3-20-24(22,23)10-12-4-6-13(7-5-12)21(2)16-14-8-9-17-15(14)18-11-19-16/h8-9,11-13,20H,3-7,10H2,1-2H3,(H,17,18,19)/t12-,13-. The summed E-state index contributed by atoms with van der Waals surface area (Å²) >= 11 is 0. The van der Waals surface area contributed by atoms with Gasteiger partial charge in [-0.25, -0.2) is 23.1 Å². The largest absolute Gasteiger partial charge is 0.356 e. The lowest BCUT2D eigenvalue weighted by molar-refractivity contribution is 0.340. The number of rotatable bonds is 6. The molecule has 1 fully saturated rings. The van der Waals surface area contributed by atoms with Gasteiger partial charge in [0.05, 0.1) is 11.1 Å². The van der Waals surface area contributed by atoms with Crippen LogP contribution < -0.4 is 9.62 Å². The summed E-state index contributed by atoms with van der Waals surface area (Å²) in [4.78, 5) is 14.0. The molecule has 2 aromatic rings. The molecule has 24 heavy (non-hydrogen) atoms. The van der Waals surface area contributed by atoms with Crippen molar-refractivity contribution in [2.45, 2.75) is 38.6 Å². The normalized spacial score (nSPS) is 21.9. The lowest BCUT2D eigenvalue weighted by Gasteiger charge is -2.35. The second kappa shape index (κ2) is 7.06. The van der Waals surface area contributed by atoms with Gasteiger partial charge in [-0.1, -0.05) is 6.92 Å². The van der Waals surface area contributed by atoms with E-state index in [0.29, 0.717) is 12.6 Å². The van der Waals surface area contributed by atoms with Gasteiger partial charge in [-0.15, -0.1) is 0 Å². The number of anilines is 1. The summed E-state index contributed by atoms with van der Waals surface area (Å²) in [6.07, 6.45) is 7.29. The Labute approximate surface area is 142 Å². The predicted molar refractivity (Wildman–Crippen MR) is 95.5 cm³/mol. The molecule has 0 radical (unpaired) electrons. The van der Waals surface area contributed by atoms with Gasteiger partial charge in [0, 0.05) is 25.8 Å². The van der Waals surface area contributed by atoms with Crippen LogP contribution in [0.2, 0.25) is 0 Å². The molecule has 0 unspecified atom stereocenters. The summed E-state index contributed by atoms with van der Waals surface area (Å²) in [6.45, 7) is 2.27. The molecule has 0 spiro atoms. The molecule has 2 aromatic heterocycles. The van der Waals surface area contributed by atoms with E-state index >= 15 is 0 Å². The first kappa shape index (κ1) is 17.2. The minimum absolute atomic E-state index is 0.243. The summed E-state index contributed by atoms with van der Waals surface area (Å²) in [5, 5.41) is 1.02. The molecule has 0 aliphatic heterocycles. The molecule has 0 amide bonds. The van der Waals surface area contributed by atoms with E-state index < -0.39 is 10.0 Å². The Morgan fingerprint density at radius 3 is 2.75 bits per heavy atom. The molecule has 0 atom stereocenters. The number of hydrogen-bond acceptors (Lipinski definition) is 5. The number of sulfonamides is 1. The zero-order valence-electron chi connectivity index (χ0n) is 14.2. The van der Waals surface area contributed by atoms with E-state index in [2.05, 4.69) is 31.6 Å². The van der Waals surface area contributed by atoms with Crippen LogP contribution in [0, 0.1) is 5.92 Å². The van der Waals surface area contributed by atoms with E-state index in [9.17, 15) is 8.42 Å². The highest BCUT2D eigenvalue weighted by molar-refractivity contribution is 7.89. The van der Waals surface area contributed by atoms with Crippen molar-refractivity contribution in [3.8, 4) is 0 Å². The van der Waals surface area contributed by atoms with Crippen LogP contribution in [0.1, 0.15) is 32.6 Å². The van der Waals surface area contributed by atoms with Crippen LogP contribution in [0.3, 0.4) is 0 Å². The Morgan fingerprint density at radius 1 is 1.29 bits per heavy atom. The number of fused-ring (bicyclic) bond motifs is 1. The highest BCUT2D eigenvalue weighted by atomic mass is 32.2. The zero-order valence-corrected chi connectivity index (χ0v) is 15.0. The molecule has 1 aliphatic rings. The molecule has 0 saturated heterocycles. The van der Waals surface area contributed by atoms with E-state index in [1.54, 1.807) is 6.33 Å². The molecular weight excluding hydrogens is 326 g/mol. The lowest BCUT2D eigenvalue weighted by atomic mass is 9.86. The van der Waals surface area contributed by atoms with Gasteiger partial charge in [-0.3, -0.25) is 0 Å².